The van der Waals surface area contributed by atoms with E-state index in [1.807, 2.05) is 72.8 Å². The van der Waals surface area contributed by atoms with Crippen molar-refractivity contribution in [2.45, 2.75) is 13.2 Å². The minimum Gasteiger partial charge on any atom is -0.392 e. The Hall–Kier alpha value is -4.11. The number of nitrogens with zero attached hydrogens (tertiary/aromatic N) is 3. The molecular weight excluding hydrogens is 466 g/mol. The zero-order chi connectivity index (χ0) is 25.6. The fraction of sp³-hybridized carbons (Fsp3) is 0.207. The van der Waals surface area contributed by atoms with Gasteiger partial charge in [0.1, 0.15) is 5.82 Å². The molecular formula is C29H29N5O3. The molecule has 0 aliphatic carbocycles. The average molecular weight is 496 g/mol. The molecule has 0 spiro atoms. The fourth-order valence-corrected chi connectivity index (χ4v) is 4.22. The molecule has 0 unspecified atom stereocenters. The SMILES string of the molecule is NCc1ccc(NC(=O)c2cccc(-c3cc(N4CCOCC4)nc(-c4cccc(CO)c4)n3)c2)cc1. The van der Waals surface area contributed by atoms with Crippen molar-refractivity contribution >= 4 is 17.4 Å². The van der Waals surface area contributed by atoms with Gasteiger partial charge in [0.2, 0.25) is 0 Å². The number of amides is 1. The van der Waals surface area contributed by atoms with Gasteiger partial charge in [0, 0.05) is 48.1 Å². The highest BCUT2D eigenvalue weighted by atomic mass is 16.5. The summed E-state index contributed by atoms with van der Waals surface area (Å²) in [5.41, 5.74) is 11.0. The van der Waals surface area contributed by atoms with Crippen molar-refractivity contribution in [3.05, 3.63) is 95.6 Å². The molecule has 4 N–H and O–H groups in total. The monoisotopic (exact) mass is 495 g/mol. The second kappa shape index (κ2) is 11.3. The van der Waals surface area contributed by atoms with Gasteiger partial charge < -0.3 is 25.8 Å². The molecule has 1 amide bonds. The van der Waals surface area contributed by atoms with Crippen LogP contribution in [0, 0.1) is 0 Å². The van der Waals surface area contributed by atoms with Gasteiger partial charge in [0.15, 0.2) is 5.82 Å². The van der Waals surface area contributed by atoms with Crippen molar-refractivity contribution in [1.29, 1.82) is 0 Å². The summed E-state index contributed by atoms with van der Waals surface area (Å²) in [5, 5.41) is 12.6. The van der Waals surface area contributed by atoms with Crippen LogP contribution in [0.3, 0.4) is 0 Å². The number of nitrogens with two attached hydrogens (primary N) is 1. The van der Waals surface area contributed by atoms with Crippen molar-refractivity contribution in [1.82, 2.24) is 9.97 Å². The van der Waals surface area contributed by atoms with Crippen LogP contribution in [0.5, 0.6) is 0 Å². The van der Waals surface area contributed by atoms with Gasteiger partial charge in [-0.1, -0.05) is 42.5 Å². The van der Waals surface area contributed by atoms with E-state index >= 15 is 0 Å². The molecule has 0 radical (unpaired) electrons. The van der Waals surface area contributed by atoms with E-state index in [4.69, 9.17) is 20.4 Å². The van der Waals surface area contributed by atoms with E-state index in [1.165, 1.54) is 0 Å². The Morgan fingerprint density at radius 2 is 1.68 bits per heavy atom. The number of hydrogen-bond acceptors (Lipinski definition) is 7. The van der Waals surface area contributed by atoms with Crippen LogP contribution in [0.2, 0.25) is 0 Å². The molecule has 1 aromatic heterocycles. The van der Waals surface area contributed by atoms with Crippen molar-refractivity contribution in [3.63, 3.8) is 0 Å². The largest absolute Gasteiger partial charge is 0.392 e. The Morgan fingerprint density at radius 3 is 2.43 bits per heavy atom. The minimum atomic E-state index is -0.208. The number of benzene rings is 3. The summed E-state index contributed by atoms with van der Waals surface area (Å²) in [6.45, 7) is 3.13. The fourth-order valence-electron chi connectivity index (χ4n) is 4.22. The molecule has 188 valence electrons. The van der Waals surface area contributed by atoms with Crippen molar-refractivity contribution in [2.75, 3.05) is 36.5 Å². The first-order chi connectivity index (χ1) is 18.1. The first kappa shape index (κ1) is 24.6. The van der Waals surface area contributed by atoms with E-state index in [-0.39, 0.29) is 12.5 Å². The summed E-state index contributed by atoms with van der Waals surface area (Å²) in [5.74, 6) is 1.15. The molecule has 0 saturated carbocycles. The van der Waals surface area contributed by atoms with Crippen molar-refractivity contribution < 1.29 is 14.6 Å². The lowest BCUT2D eigenvalue weighted by Gasteiger charge is -2.28. The van der Waals surface area contributed by atoms with E-state index in [0.717, 1.165) is 41.2 Å². The molecule has 3 aromatic carbocycles. The number of carbonyl (C=O) groups is 1. The minimum absolute atomic E-state index is 0.0596. The van der Waals surface area contributed by atoms with Gasteiger partial charge in [-0.15, -0.1) is 0 Å². The normalized spacial score (nSPS) is 13.4. The molecule has 0 bridgehead atoms. The third-order valence-corrected chi connectivity index (χ3v) is 6.28. The summed E-state index contributed by atoms with van der Waals surface area (Å²) in [7, 11) is 0. The number of aliphatic hydroxyl groups is 1. The van der Waals surface area contributed by atoms with E-state index in [2.05, 4.69) is 10.2 Å². The zero-order valence-corrected chi connectivity index (χ0v) is 20.4. The van der Waals surface area contributed by atoms with E-state index in [0.29, 0.717) is 42.5 Å². The number of aliphatic hydroxyl groups excluding tert-OH is 1. The lowest BCUT2D eigenvalue weighted by molar-refractivity contribution is 0.102. The Morgan fingerprint density at radius 1 is 0.919 bits per heavy atom. The van der Waals surface area contributed by atoms with Crippen LogP contribution < -0.4 is 16.0 Å². The third kappa shape index (κ3) is 5.83. The van der Waals surface area contributed by atoms with E-state index < -0.39 is 0 Å². The summed E-state index contributed by atoms with van der Waals surface area (Å²) in [6.07, 6.45) is 0. The molecule has 2 heterocycles. The van der Waals surface area contributed by atoms with E-state index in [1.54, 1.807) is 6.07 Å². The molecule has 1 aliphatic heterocycles. The Bertz CT molecular complexity index is 1380. The Kier molecular flexibility index (Phi) is 7.51. The van der Waals surface area contributed by atoms with Gasteiger partial charge in [-0.3, -0.25) is 4.79 Å². The molecule has 5 rings (SSSR count). The van der Waals surface area contributed by atoms with Gasteiger partial charge in [-0.05, 0) is 41.5 Å². The number of morpholine rings is 1. The number of anilines is 2. The maximum Gasteiger partial charge on any atom is 0.255 e. The number of ether oxygens (including phenoxy) is 1. The second-order valence-corrected chi connectivity index (χ2v) is 8.83. The van der Waals surface area contributed by atoms with Crippen LogP contribution in [0.15, 0.2) is 78.9 Å². The van der Waals surface area contributed by atoms with Crippen molar-refractivity contribution in [3.8, 4) is 22.6 Å². The summed E-state index contributed by atoms with van der Waals surface area (Å²) < 4.78 is 5.52. The smallest absolute Gasteiger partial charge is 0.255 e. The number of hydrogen-bond donors (Lipinski definition) is 3. The lowest BCUT2D eigenvalue weighted by atomic mass is 10.1. The third-order valence-electron chi connectivity index (χ3n) is 6.28. The highest BCUT2D eigenvalue weighted by Crippen LogP contribution is 2.28. The summed E-state index contributed by atoms with van der Waals surface area (Å²) in [4.78, 5) is 24.9. The van der Waals surface area contributed by atoms with Gasteiger partial charge in [-0.25, -0.2) is 9.97 Å². The first-order valence-electron chi connectivity index (χ1n) is 12.3. The first-order valence-corrected chi connectivity index (χ1v) is 12.3. The van der Waals surface area contributed by atoms with Crippen LogP contribution in [-0.4, -0.2) is 47.3 Å². The average Bonchev–Trinajstić information content (AvgIpc) is 2.98. The molecule has 4 aromatic rings. The second-order valence-electron chi connectivity index (χ2n) is 8.83. The standard InChI is InChI=1S/C29H29N5O3/c30-18-20-7-9-25(10-8-20)31-29(36)24-6-2-4-22(16-24)26-17-27(34-11-13-37-14-12-34)33-28(32-26)23-5-1-3-21(15-23)19-35/h1-10,15-17,35H,11-14,18-19,30H2,(H,31,36). The maximum atomic E-state index is 13.0. The maximum absolute atomic E-state index is 13.0. The molecule has 8 nitrogen and oxygen atoms in total. The topological polar surface area (TPSA) is 114 Å². The van der Waals surface area contributed by atoms with Crippen LogP contribution in [-0.2, 0) is 17.9 Å². The predicted molar refractivity (Wildman–Crippen MR) is 144 cm³/mol. The number of rotatable bonds is 7. The highest BCUT2D eigenvalue weighted by molar-refractivity contribution is 6.05. The van der Waals surface area contributed by atoms with Gasteiger partial charge in [0.25, 0.3) is 5.91 Å². The molecule has 1 aliphatic rings. The molecule has 0 atom stereocenters. The Balaban J connectivity index is 1.49. The van der Waals surface area contributed by atoms with Crippen molar-refractivity contribution in [2.24, 2.45) is 5.73 Å². The number of aromatic nitrogens is 2. The van der Waals surface area contributed by atoms with E-state index in [9.17, 15) is 9.90 Å². The summed E-state index contributed by atoms with van der Waals surface area (Å²) in [6, 6.07) is 24.4. The molecule has 1 saturated heterocycles. The van der Waals surface area contributed by atoms with Gasteiger partial charge in [-0.2, -0.15) is 0 Å². The zero-order valence-electron chi connectivity index (χ0n) is 20.4. The van der Waals surface area contributed by atoms with Crippen LogP contribution in [0.4, 0.5) is 11.5 Å². The molecule has 1 fully saturated rings. The van der Waals surface area contributed by atoms with Gasteiger partial charge >= 0.3 is 0 Å². The van der Waals surface area contributed by atoms with Crippen LogP contribution >= 0.6 is 0 Å². The predicted octanol–water partition coefficient (Wildman–Crippen LogP) is 3.85. The summed E-state index contributed by atoms with van der Waals surface area (Å²) >= 11 is 0. The van der Waals surface area contributed by atoms with Gasteiger partial charge in [0.05, 0.1) is 25.5 Å². The van der Waals surface area contributed by atoms with Crippen LogP contribution in [0.25, 0.3) is 22.6 Å². The van der Waals surface area contributed by atoms with Crippen LogP contribution in [0.1, 0.15) is 21.5 Å². The number of nitrogens with one attached hydrogen (secondary N) is 1. The Labute approximate surface area is 215 Å². The molecule has 37 heavy (non-hydrogen) atoms. The number of carbonyl (C=O) groups excluding carboxylic acids is 1. The highest BCUT2D eigenvalue weighted by Gasteiger charge is 2.17. The lowest BCUT2D eigenvalue weighted by Crippen LogP contribution is -2.36. The quantitative estimate of drug-likeness (QED) is 0.357. The molecule has 8 heteroatoms.